The molecular weight excluding hydrogens is 238 g/mol. The zero-order valence-electron chi connectivity index (χ0n) is 8.28. The van der Waals surface area contributed by atoms with Crippen LogP contribution in [0.15, 0.2) is 29.2 Å². The Labute approximate surface area is 94.8 Å². The predicted octanol–water partition coefficient (Wildman–Crippen LogP) is 1.96. The molecule has 0 saturated carbocycles. The lowest BCUT2D eigenvalue weighted by atomic mass is 10.3. The van der Waals surface area contributed by atoms with E-state index < -0.39 is 16.8 Å². The topological polar surface area (TPSA) is 43.4 Å². The van der Waals surface area contributed by atoms with Gasteiger partial charge in [0.1, 0.15) is 5.82 Å². The highest BCUT2D eigenvalue weighted by Crippen LogP contribution is 2.35. The number of alkyl halides is 1. The minimum absolute atomic E-state index is 0.137. The number of rotatable bonds is 4. The van der Waals surface area contributed by atoms with Crippen molar-refractivity contribution in [1.82, 2.24) is 0 Å². The number of benzene rings is 1. The van der Waals surface area contributed by atoms with Gasteiger partial charge in [-0.3, -0.25) is 4.79 Å². The molecule has 0 aliphatic rings. The average molecular weight is 246 g/mol. The van der Waals surface area contributed by atoms with Gasteiger partial charge in [-0.1, -0.05) is 23.9 Å². The van der Waals surface area contributed by atoms with Crippen molar-refractivity contribution in [2.24, 2.45) is 0 Å². The van der Waals surface area contributed by atoms with Crippen molar-refractivity contribution in [3.63, 3.8) is 0 Å². The molecule has 1 atom stereocenters. The Balaban J connectivity index is 2.98. The normalized spacial score (nSPS) is 13.9. The molecule has 0 aliphatic carbocycles. The van der Waals surface area contributed by atoms with Gasteiger partial charge >= 0.3 is 11.0 Å². The van der Waals surface area contributed by atoms with Crippen molar-refractivity contribution in [2.75, 3.05) is 7.11 Å². The average Bonchev–Trinajstić information content (AvgIpc) is 2.31. The molecule has 1 aromatic carbocycles. The summed E-state index contributed by atoms with van der Waals surface area (Å²) in [5.74, 6) is -2.07. The highest BCUT2D eigenvalue weighted by molar-refractivity contribution is 8.02. The number of carbonyl (C=O) groups excluding carboxylic acids is 2. The molecule has 1 unspecified atom stereocenters. The van der Waals surface area contributed by atoms with Gasteiger partial charge in [0.25, 0.3) is 0 Å². The second-order valence-corrected chi connectivity index (χ2v) is 4.02. The molecule has 0 aromatic heterocycles. The van der Waals surface area contributed by atoms with Crippen molar-refractivity contribution < 1.29 is 23.1 Å². The molecule has 0 amide bonds. The van der Waals surface area contributed by atoms with Crippen LogP contribution in [0, 0.1) is 5.82 Å². The summed E-state index contributed by atoms with van der Waals surface area (Å²) in [4.78, 5) is 21.4. The number of ether oxygens (including phenoxy) is 1. The molecule has 0 heterocycles. The summed E-state index contributed by atoms with van der Waals surface area (Å²) in [7, 11) is 0.947. The quantitative estimate of drug-likeness (QED) is 0.352. The number of carbonyl (C=O) groups is 2. The molecule has 86 valence electrons. The molecule has 6 heteroatoms. The van der Waals surface area contributed by atoms with E-state index in [0.717, 1.165) is 13.2 Å². The third kappa shape index (κ3) is 2.57. The molecule has 0 aliphatic heterocycles. The maximum absolute atomic E-state index is 13.7. The number of thioether (sulfide) groups is 1. The highest BCUT2D eigenvalue weighted by Gasteiger charge is 2.42. The van der Waals surface area contributed by atoms with Crippen LogP contribution in [0.3, 0.4) is 0 Å². The van der Waals surface area contributed by atoms with Gasteiger partial charge in [0.15, 0.2) is 6.29 Å². The third-order valence-corrected chi connectivity index (χ3v) is 2.82. The smallest absolute Gasteiger partial charge is 0.362 e. The van der Waals surface area contributed by atoms with Crippen LogP contribution < -0.4 is 0 Å². The van der Waals surface area contributed by atoms with Crippen LogP contribution in [0.2, 0.25) is 0 Å². The van der Waals surface area contributed by atoms with Gasteiger partial charge in [-0.2, -0.15) is 0 Å². The van der Waals surface area contributed by atoms with Crippen LogP contribution in [0.25, 0.3) is 0 Å². The maximum Gasteiger partial charge on any atom is 0.362 e. The fraction of sp³-hybridized carbons (Fsp3) is 0.200. The molecule has 0 N–H and O–H groups in total. The number of halogens is 2. The van der Waals surface area contributed by atoms with Gasteiger partial charge in [0.05, 0.1) is 7.11 Å². The summed E-state index contributed by atoms with van der Waals surface area (Å²) in [6, 6.07) is 5.25. The number of hydrogen-bond acceptors (Lipinski definition) is 4. The number of esters is 1. The monoisotopic (exact) mass is 246 g/mol. The lowest BCUT2D eigenvalue weighted by Crippen LogP contribution is -2.33. The standard InChI is InChI=1S/C10H8F2O3S/c1-15-9(14)10(12,6-13)16-8-5-3-2-4-7(8)11/h2-6H,1H3. The summed E-state index contributed by atoms with van der Waals surface area (Å²) in [5, 5.41) is -2.92. The predicted molar refractivity (Wildman–Crippen MR) is 54.2 cm³/mol. The first-order valence-corrected chi connectivity index (χ1v) is 5.02. The fourth-order valence-electron chi connectivity index (χ4n) is 0.941. The van der Waals surface area contributed by atoms with E-state index in [9.17, 15) is 18.4 Å². The molecule has 1 aromatic rings. The van der Waals surface area contributed by atoms with Crippen molar-refractivity contribution in [3.8, 4) is 0 Å². The first kappa shape index (κ1) is 12.6. The van der Waals surface area contributed by atoms with Crippen LogP contribution >= 0.6 is 11.8 Å². The van der Waals surface area contributed by atoms with Crippen molar-refractivity contribution in [2.45, 2.75) is 9.90 Å². The Morgan fingerprint density at radius 3 is 2.62 bits per heavy atom. The van der Waals surface area contributed by atoms with Gasteiger partial charge in [-0.25, -0.2) is 13.6 Å². The summed E-state index contributed by atoms with van der Waals surface area (Å²) in [6.45, 7) is 0. The zero-order valence-corrected chi connectivity index (χ0v) is 9.09. The summed E-state index contributed by atoms with van der Waals surface area (Å²) in [6.07, 6.45) is -0.212. The second kappa shape index (κ2) is 5.07. The Hall–Kier alpha value is -1.43. The van der Waals surface area contributed by atoms with E-state index in [1.807, 2.05) is 0 Å². The van der Waals surface area contributed by atoms with Gasteiger partial charge in [0.2, 0.25) is 0 Å². The highest BCUT2D eigenvalue weighted by atomic mass is 32.2. The molecule has 16 heavy (non-hydrogen) atoms. The molecule has 0 fully saturated rings. The van der Waals surface area contributed by atoms with Crippen molar-refractivity contribution in [3.05, 3.63) is 30.1 Å². The molecule has 1 rings (SSSR count). The van der Waals surface area contributed by atoms with Gasteiger partial charge < -0.3 is 4.74 Å². The zero-order chi connectivity index (χ0) is 12.2. The van der Waals surface area contributed by atoms with E-state index in [2.05, 4.69) is 4.74 Å². The minimum atomic E-state index is -2.92. The van der Waals surface area contributed by atoms with E-state index >= 15 is 0 Å². The van der Waals surface area contributed by atoms with Crippen LogP contribution in [0.1, 0.15) is 0 Å². The lowest BCUT2D eigenvalue weighted by Gasteiger charge is -2.15. The van der Waals surface area contributed by atoms with E-state index in [4.69, 9.17) is 0 Å². The second-order valence-electron chi connectivity index (χ2n) is 2.79. The van der Waals surface area contributed by atoms with E-state index in [1.165, 1.54) is 18.2 Å². The van der Waals surface area contributed by atoms with Crippen LogP contribution in [0.4, 0.5) is 8.78 Å². The Bertz CT molecular complexity index is 411. The SMILES string of the molecule is COC(=O)C(F)(C=O)Sc1ccccc1F. The van der Waals surface area contributed by atoms with Crippen LogP contribution in [0.5, 0.6) is 0 Å². The van der Waals surface area contributed by atoms with E-state index in [0.29, 0.717) is 0 Å². The molecular formula is C10H8F2O3S. The molecule has 0 radical (unpaired) electrons. The molecule has 3 nitrogen and oxygen atoms in total. The molecule has 0 bridgehead atoms. The van der Waals surface area contributed by atoms with E-state index in [1.54, 1.807) is 0 Å². The first-order valence-electron chi connectivity index (χ1n) is 4.20. The largest absolute Gasteiger partial charge is 0.466 e. The fourth-order valence-corrected chi connectivity index (χ4v) is 1.79. The summed E-state index contributed by atoms with van der Waals surface area (Å²) < 4.78 is 31.0. The molecule has 0 spiro atoms. The van der Waals surface area contributed by atoms with Gasteiger partial charge in [0, 0.05) is 4.90 Å². The Morgan fingerprint density at radius 2 is 2.12 bits per heavy atom. The number of hydrogen-bond donors (Lipinski definition) is 0. The van der Waals surface area contributed by atoms with Gasteiger partial charge in [-0.05, 0) is 12.1 Å². The van der Waals surface area contributed by atoms with Crippen LogP contribution in [-0.4, -0.2) is 24.4 Å². The molecule has 0 saturated heterocycles. The Morgan fingerprint density at radius 1 is 1.50 bits per heavy atom. The van der Waals surface area contributed by atoms with Crippen molar-refractivity contribution in [1.29, 1.82) is 0 Å². The van der Waals surface area contributed by atoms with Crippen molar-refractivity contribution >= 4 is 24.0 Å². The Kier molecular flexibility index (Phi) is 4.00. The van der Waals surface area contributed by atoms with Crippen LogP contribution in [-0.2, 0) is 14.3 Å². The summed E-state index contributed by atoms with van der Waals surface area (Å²) in [5.41, 5.74) is 0. The third-order valence-electron chi connectivity index (χ3n) is 1.71. The lowest BCUT2D eigenvalue weighted by molar-refractivity contribution is -0.150. The van der Waals surface area contributed by atoms with E-state index in [-0.39, 0.29) is 22.9 Å². The first-order chi connectivity index (χ1) is 7.53. The summed E-state index contributed by atoms with van der Waals surface area (Å²) >= 11 is 0.166. The number of aldehydes is 1. The number of methoxy groups -OCH3 is 1. The minimum Gasteiger partial charge on any atom is -0.466 e. The van der Waals surface area contributed by atoms with Gasteiger partial charge in [-0.15, -0.1) is 0 Å². The maximum atomic E-state index is 13.7.